The number of hydrogen-bond acceptors (Lipinski definition) is 4. The van der Waals surface area contributed by atoms with Crippen LogP contribution in [0.5, 0.6) is 0 Å². The Morgan fingerprint density at radius 1 is 1.25 bits per heavy atom. The molecule has 1 aromatic rings. The van der Waals surface area contributed by atoms with Crippen LogP contribution in [0.1, 0.15) is 37.0 Å². The van der Waals surface area contributed by atoms with E-state index in [0.29, 0.717) is 23.1 Å². The number of fused-ring (bicyclic) bond motifs is 1. The maximum atomic E-state index is 12.1. The van der Waals surface area contributed by atoms with E-state index >= 15 is 0 Å². The Kier molecular flexibility index (Phi) is 4.55. The fraction of sp³-hybridized carbons (Fsp3) is 0.500. The van der Waals surface area contributed by atoms with Crippen LogP contribution >= 0.6 is 0 Å². The molecule has 3 rings (SSSR count). The highest BCUT2D eigenvalue weighted by Gasteiger charge is 2.35. The zero-order valence-corrected chi connectivity index (χ0v) is 14.1. The third kappa shape index (κ3) is 3.27. The maximum Gasteiger partial charge on any atom is 0.293 e. The van der Waals surface area contributed by atoms with E-state index in [0.717, 1.165) is 25.9 Å². The van der Waals surface area contributed by atoms with Crippen molar-refractivity contribution in [2.75, 3.05) is 18.0 Å². The summed E-state index contributed by atoms with van der Waals surface area (Å²) < 4.78 is 0. The minimum atomic E-state index is -0.387. The Morgan fingerprint density at radius 3 is 2.42 bits per heavy atom. The van der Waals surface area contributed by atoms with Crippen molar-refractivity contribution in [2.24, 2.45) is 11.8 Å². The van der Waals surface area contributed by atoms with Crippen molar-refractivity contribution in [1.29, 1.82) is 0 Å². The molecular formula is C18H23N3O3. The van der Waals surface area contributed by atoms with Crippen LogP contribution < -0.4 is 10.2 Å². The van der Waals surface area contributed by atoms with Gasteiger partial charge in [-0.25, -0.2) is 0 Å². The van der Waals surface area contributed by atoms with Gasteiger partial charge in [0.05, 0.1) is 4.92 Å². The molecule has 1 aliphatic carbocycles. The van der Waals surface area contributed by atoms with Gasteiger partial charge in [0, 0.05) is 30.8 Å². The number of nitrogens with one attached hydrogen (secondary N) is 1. The second-order valence-electron chi connectivity index (χ2n) is 6.96. The Hall–Kier alpha value is -2.37. The maximum absolute atomic E-state index is 12.1. The number of hydrogen-bond donors (Lipinski definition) is 1. The van der Waals surface area contributed by atoms with E-state index in [1.165, 1.54) is 6.07 Å². The Labute approximate surface area is 141 Å². The zero-order chi connectivity index (χ0) is 17.3. The Balaban J connectivity index is 1.86. The number of amides is 1. The first kappa shape index (κ1) is 16.5. The van der Waals surface area contributed by atoms with E-state index in [1.807, 2.05) is 13.8 Å². The third-order valence-electron chi connectivity index (χ3n) is 4.82. The molecule has 6 heteroatoms. The molecule has 128 valence electrons. The summed E-state index contributed by atoms with van der Waals surface area (Å²) >= 11 is 0. The molecule has 1 aliphatic heterocycles. The van der Waals surface area contributed by atoms with Crippen molar-refractivity contribution >= 4 is 17.3 Å². The first-order valence-electron chi connectivity index (χ1n) is 8.45. The van der Waals surface area contributed by atoms with E-state index in [-0.39, 0.29) is 22.6 Å². The number of nitro benzene ring substituents is 1. The van der Waals surface area contributed by atoms with Gasteiger partial charge in [0.1, 0.15) is 5.69 Å². The molecule has 0 bridgehead atoms. The molecule has 1 heterocycles. The van der Waals surface area contributed by atoms with E-state index in [9.17, 15) is 14.9 Å². The van der Waals surface area contributed by atoms with Gasteiger partial charge in [-0.1, -0.05) is 12.2 Å². The van der Waals surface area contributed by atoms with Crippen molar-refractivity contribution < 1.29 is 9.72 Å². The molecule has 1 aromatic carbocycles. The Bertz CT molecular complexity index is 668. The average Bonchev–Trinajstić information content (AvgIpc) is 2.97. The fourth-order valence-corrected chi connectivity index (χ4v) is 3.64. The molecule has 0 spiro atoms. The number of allylic oxidation sites excluding steroid dienone is 2. The molecule has 1 N–H and O–H groups in total. The van der Waals surface area contributed by atoms with Crippen molar-refractivity contribution in [3.05, 3.63) is 46.0 Å². The summed E-state index contributed by atoms with van der Waals surface area (Å²) in [6.07, 6.45) is 6.50. The predicted molar refractivity (Wildman–Crippen MR) is 93.3 cm³/mol. The van der Waals surface area contributed by atoms with Crippen molar-refractivity contribution in [2.45, 2.75) is 32.7 Å². The number of nitro groups is 1. The second kappa shape index (κ2) is 6.63. The molecule has 0 saturated carbocycles. The van der Waals surface area contributed by atoms with E-state index in [4.69, 9.17) is 0 Å². The normalized spacial score (nSPS) is 22.5. The van der Waals surface area contributed by atoms with Crippen molar-refractivity contribution in [1.82, 2.24) is 5.32 Å². The standard InChI is InChI=1S/C18H23N3O3/c1-12(2)19-18(22)13-7-8-16(17(9-13)21(23)24)20-10-14-5-3-4-6-15(14)11-20/h3-4,7-9,12,14-15H,5-6,10-11H2,1-2H3,(H,19,22). The Morgan fingerprint density at radius 2 is 1.88 bits per heavy atom. The van der Waals surface area contributed by atoms with Crippen LogP contribution in [-0.4, -0.2) is 30.0 Å². The van der Waals surface area contributed by atoms with Gasteiger partial charge < -0.3 is 10.2 Å². The fourth-order valence-electron chi connectivity index (χ4n) is 3.64. The molecule has 1 fully saturated rings. The summed E-state index contributed by atoms with van der Waals surface area (Å²) in [6.45, 7) is 5.40. The summed E-state index contributed by atoms with van der Waals surface area (Å²) in [6, 6.07) is 4.79. The lowest BCUT2D eigenvalue weighted by molar-refractivity contribution is -0.384. The van der Waals surface area contributed by atoms with Gasteiger partial charge in [-0.2, -0.15) is 0 Å². The lowest BCUT2D eigenvalue weighted by atomic mass is 9.86. The van der Waals surface area contributed by atoms with Crippen LogP contribution in [0.2, 0.25) is 0 Å². The van der Waals surface area contributed by atoms with E-state index in [1.54, 1.807) is 12.1 Å². The van der Waals surface area contributed by atoms with Crippen molar-refractivity contribution in [3.63, 3.8) is 0 Å². The summed E-state index contributed by atoms with van der Waals surface area (Å²) in [5.41, 5.74) is 0.964. The number of carbonyl (C=O) groups excluding carboxylic acids is 1. The first-order valence-corrected chi connectivity index (χ1v) is 8.45. The molecular weight excluding hydrogens is 306 g/mol. The largest absolute Gasteiger partial charge is 0.365 e. The highest BCUT2D eigenvalue weighted by atomic mass is 16.6. The predicted octanol–water partition coefficient (Wildman–Crippen LogP) is 3.14. The molecule has 2 aliphatic rings. The summed E-state index contributed by atoms with van der Waals surface area (Å²) in [7, 11) is 0. The molecule has 1 amide bonds. The van der Waals surface area contributed by atoms with Gasteiger partial charge in [0.25, 0.3) is 11.6 Å². The van der Waals surface area contributed by atoms with Crippen LogP contribution in [0, 0.1) is 22.0 Å². The number of benzene rings is 1. The van der Waals surface area contributed by atoms with Gasteiger partial charge in [0.2, 0.25) is 0 Å². The molecule has 2 atom stereocenters. The third-order valence-corrected chi connectivity index (χ3v) is 4.82. The lowest BCUT2D eigenvalue weighted by Crippen LogP contribution is -2.30. The SMILES string of the molecule is CC(C)NC(=O)c1ccc(N2CC3CC=CCC3C2)c([N+](=O)[O-])c1. The molecule has 2 unspecified atom stereocenters. The van der Waals surface area contributed by atoms with Gasteiger partial charge in [-0.3, -0.25) is 14.9 Å². The summed E-state index contributed by atoms with van der Waals surface area (Å²) in [5, 5.41) is 14.3. The lowest BCUT2D eigenvalue weighted by Gasteiger charge is -2.19. The quantitative estimate of drug-likeness (QED) is 0.523. The number of carbonyl (C=O) groups is 1. The molecule has 0 radical (unpaired) electrons. The second-order valence-corrected chi connectivity index (χ2v) is 6.96. The van der Waals surface area contributed by atoms with Crippen LogP contribution in [0.15, 0.2) is 30.4 Å². The first-order chi connectivity index (χ1) is 11.5. The van der Waals surface area contributed by atoms with Gasteiger partial charge in [-0.15, -0.1) is 0 Å². The van der Waals surface area contributed by atoms with Crippen LogP contribution in [0.25, 0.3) is 0 Å². The minimum absolute atomic E-state index is 0.00885. The number of rotatable bonds is 4. The molecule has 1 saturated heterocycles. The summed E-state index contributed by atoms with van der Waals surface area (Å²) in [4.78, 5) is 25.4. The summed E-state index contributed by atoms with van der Waals surface area (Å²) in [5.74, 6) is 0.857. The van der Waals surface area contributed by atoms with Crippen LogP contribution in [0.4, 0.5) is 11.4 Å². The van der Waals surface area contributed by atoms with Crippen molar-refractivity contribution in [3.8, 4) is 0 Å². The molecule has 24 heavy (non-hydrogen) atoms. The monoisotopic (exact) mass is 329 g/mol. The van der Waals surface area contributed by atoms with Gasteiger partial charge >= 0.3 is 0 Å². The number of anilines is 1. The van der Waals surface area contributed by atoms with Crippen LogP contribution in [-0.2, 0) is 0 Å². The smallest absolute Gasteiger partial charge is 0.293 e. The topological polar surface area (TPSA) is 75.5 Å². The molecule has 6 nitrogen and oxygen atoms in total. The van der Waals surface area contributed by atoms with Gasteiger partial charge in [0.15, 0.2) is 0 Å². The van der Waals surface area contributed by atoms with Crippen LogP contribution in [0.3, 0.4) is 0 Å². The average molecular weight is 329 g/mol. The van der Waals surface area contributed by atoms with E-state index < -0.39 is 0 Å². The number of nitrogens with zero attached hydrogens (tertiary/aromatic N) is 2. The highest BCUT2D eigenvalue weighted by molar-refractivity contribution is 5.96. The van der Waals surface area contributed by atoms with Gasteiger partial charge in [-0.05, 0) is 50.7 Å². The molecule has 0 aromatic heterocycles. The highest BCUT2D eigenvalue weighted by Crippen LogP contribution is 2.39. The van der Waals surface area contributed by atoms with E-state index in [2.05, 4.69) is 22.4 Å². The zero-order valence-electron chi connectivity index (χ0n) is 14.1. The minimum Gasteiger partial charge on any atom is -0.365 e.